The van der Waals surface area contributed by atoms with Crippen molar-refractivity contribution in [2.45, 2.75) is 46.8 Å². The summed E-state index contributed by atoms with van der Waals surface area (Å²) in [6, 6.07) is 4.32. The Labute approximate surface area is 160 Å². The van der Waals surface area contributed by atoms with E-state index < -0.39 is 12.0 Å². The van der Waals surface area contributed by atoms with E-state index in [0.717, 1.165) is 0 Å². The lowest BCUT2D eigenvalue weighted by atomic mass is 9.95. The molecule has 0 fully saturated rings. The lowest BCUT2D eigenvalue weighted by Gasteiger charge is -2.29. The molecule has 7 heteroatoms. The van der Waals surface area contributed by atoms with Crippen molar-refractivity contribution in [3.63, 3.8) is 0 Å². The van der Waals surface area contributed by atoms with Crippen LogP contribution < -0.4 is 20.1 Å². The van der Waals surface area contributed by atoms with E-state index in [1.165, 1.54) is 0 Å². The van der Waals surface area contributed by atoms with Crippen LogP contribution >= 0.6 is 0 Å². The molecule has 1 unspecified atom stereocenters. The number of ether oxygens (including phenoxy) is 3. The zero-order valence-electron chi connectivity index (χ0n) is 16.7. The van der Waals surface area contributed by atoms with Gasteiger partial charge in [-0.05, 0) is 44.4 Å². The SMILES string of the molecule is COc1ccc(C2NC(=O)NC(C)=C2C(=O)OCC(C)C)cc1OC(C)C. The van der Waals surface area contributed by atoms with Crippen LogP contribution in [0.3, 0.4) is 0 Å². The molecule has 0 aromatic heterocycles. The molecule has 1 aromatic rings. The number of hydrogen-bond donors (Lipinski definition) is 2. The van der Waals surface area contributed by atoms with Crippen LogP contribution in [0.15, 0.2) is 29.5 Å². The van der Waals surface area contributed by atoms with E-state index in [4.69, 9.17) is 14.2 Å². The minimum atomic E-state index is -0.640. The van der Waals surface area contributed by atoms with E-state index in [9.17, 15) is 9.59 Å². The van der Waals surface area contributed by atoms with Gasteiger partial charge in [0.05, 0.1) is 31.4 Å². The number of esters is 1. The zero-order chi connectivity index (χ0) is 20.1. The number of hydrogen-bond acceptors (Lipinski definition) is 5. The number of amides is 2. The van der Waals surface area contributed by atoms with Crippen LogP contribution in [0.2, 0.25) is 0 Å². The number of rotatable bonds is 7. The van der Waals surface area contributed by atoms with Gasteiger partial charge in [0.15, 0.2) is 11.5 Å². The molecule has 1 aliphatic rings. The van der Waals surface area contributed by atoms with Crippen molar-refractivity contribution in [1.29, 1.82) is 0 Å². The molecule has 0 spiro atoms. The van der Waals surface area contributed by atoms with Crippen LogP contribution in [0.4, 0.5) is 4.79 Å². The molecule has 1 aromatic carbocycles. The lowest BCUT2D eigenvalue weighted by Crippen LogP contribution is -2.45. The van der Waals surface area contributed by atoms with E-state index in [0.29, 0.717) is 34.9 Å². The summed E-state index contributed by atoms with van der Waals surface area (Å²) in [5.41, 5.74) is 1.55. The van der Waals surface area contributed by atoms with Gasteiger partial charge in [-0.2, -0.15) is 0 Å². The highest BCUT2D eigenvalue weighted by Gasteiger charge is 2.33. The summed E-state index contributed by atoms with van der Waals surface area (Å²) in [6.07, 6.45) is -0.0514. The van der Waals surface area contributed by atoms with E-state index in [1.54, 1.807) is 32.2 Å². The second-order valence-corrected chi connectivity index (χ2v) is 7.14. The quantitative estimate of drug-likeness (QED) is 0.713. The second kappa shape index (κ2) is 8.79. The predicted molar refractivity (Wildman–Crippen MR) is 102 cm³/mol. The average molecular weight is 376 g/mol. The Bertz CT molecular complexity index is 740. The maximum atomic E-state index is 12.7. The largest absolute Gasteiger partial charge is 0.493 e. The number of methoxy groups -OCH3 is 1. The summed E-state index contributed by atoms with van der Waals surface area (Å²) >= 11 is 0. The van der Waals surface area contributed by atoms with Crippen LogP contribution in [0, 0.1) is 5.92 Å². The molecule has 27 heavy (non-hydrogen) atoms. The molecule has 0 radical (unpaired) electrons. The Kier molecular flexibility index (Phi) is 6.71. The number of urea groups is 1. The summed E-state index contributed by atoms with van der Waals surface area (Å²) < 4.78 is 16.5. The van der Waals surface area contributed by atoms with E-state index in [-0.39, 0.29) is 18.1 Å². The van der Waals surface area contributed by atoms with Gasteiger partial charge < -0.3 is 24.8 Å². The van der Waals surface area contributed by atoms with Gasteiger partial charge in [-0.1, -0.05) is 19.9 Å². The Morgan fingerprint density at radius 2 is 1.89 bits per heavy atom. The Balaban J connectivity index is 2.42. The third kappa shape index (κ3) is 5.15. The second-order valence-electron chi connectivity index (χ2n) is 7.14. The standard InChI is InChI=1S/C20H28N2O5/c1-11(2)10-26-19(23)17-13(5)21-20(24)22-18(17)14-7-8-15(25-6)16(9-14)27-12(3)4/h7-9,11-12,18H,10H2,1-6H3,(H2,21,22,24). The van der Waals surface area contributed by atoms with Crippen LogP contribution in [0.5, 0.6) is 11.5 Å². The molecule has 0 bridgehead atoms. The molecular formula is C20H28N2O5. The van der Waals surface area contributed by atoms with Gasteiger partial charge >= 0.3 is 12.0 Å². The third-order valence-electron chi connectivity index (χ3n) is 3.92. The average Bonchev–Trinajstić information content (AvgIpc) is 2.58. The predicted octanol–water partition coefficient (Wildman–Crippen LogP) is 3.31. The normalized spacial score (nSPS) is 16.9. The number of carbonyl (C=O) groups is 2. The monoisotopic (exact) mass is 376 g/mol. The van der Waals surface area contributed by atoms with Gasteiger partial charge in [0.25, 0.3) is 0 Å². The Hall–Kier alpha value is -2.70. The van der Waals surface area contributed by atoms with E-state index in [2.05, 4.69) is 10.6 Å². The molecule has 1 atom stereocenters. The third-order valence-corrected chi connectivity index (χ3v) is 3.92. The molecule has 0 aliphatic carbocycles. The summed E-state index contributed by atoms with van der Waals surface area (Å²) in [5.74, 6) is 0.884. The smallest absolute Gasteiger partial charge is 0.338 e. The van der Waals surface area contributed by atoms with Crippen molar-refractivity contribution < 1.29 is 23.8 Å². The molecule has 7 nitrogen and oxygen atoms in total. The van der Waals surface area contributed by atoms with Crippen LogP contribution in [0.1, 0.15) is 46.2 Å². The Morgan fingerprint density at radius 3 is 2.48 bits per heavy atom. The van der Waals surface area contributed by atoms with E-state index >= 15 is 0 Å². The van der Waals surface area contributed by atoms with E-state index in [1.807, 2.05) is 27.7 Å². The summed E-state index contributed by atoms with van der Waals surface area (Å²) in [7, 11) is 1.56. The molecule has 148 valence electrons. The van der Waals surface area contributed by atoms with Gasteiger partial charge in [0, 0.05) is 5.70 Å². The maximum Gasteiger partial charge on any atom is 0.338 e. The number of carbonyl (C=O) groups excluding carboxylic acids is 2. The molecular weight excluding hydrogens is 348 g/mol. The summed E-state index contributed by atoms with van der Waals surface area (Å²) in [5, 5.41) is 5.43. The highest BCUT2D eigenvalue weighted by Crippen LogP contribution is 2.35. The van der Waals surface area contributed by atoms with Gasteiger partial charge in [-0.3, -0.25) is 0 Å². The fourth-order valence-electron chi connectivity index (χ4n) is 2.75. The number of benzene rings is 1. The summed E-state index contributed by atoms with van der Waals surface area (Å²) in [6.45, 7) is 9.75. The van der Waals surface area contributed by atoms with Crippen molar-refractivity contribution in [3.8, 4) is 11.5 Å². The molecule has 0 saturated carbocycles. The first-order chi connectivity index (χ1) is 12.7. The molecule has 2 rings (SSSR count). The molecule has 1 aliphatic heterocycles. The number of nitrogens with one attached hydrogen (secondary N) is 2. The van der Waals surface area contributed by atoms with Crippen LogP contribution in [-0.4, -0.2) is 31.8 Å². The first-order valence-corrected chi connectivity index (χ1v) is 9.02. The van der Waals surface area contributed by atoms with Gasteiger partial charge in [-0.15, -0.1) is 0 Å². The van der Waals surface area contributed by atoms with Crippen molar-refractivity contribution in [3.05, 3.63) is 35.0 Å². The Morgan fingerprint density at radius 1 is 1.19 bits per heavy atom. The van der Waals surface area contributed by atoms with Crippen molar-refractivity contribution >= 4 is 12.0 Å². The zero-order valence-corrected chi connectivity index (χ0v) is 16.7. The molecule has 1 heterocycles. The fourth-order valence-corrected chi connectivity index (χ4v) is 2.75. The topological polar surface area (TPSA) is 85.9 Å². The molecule has 2 amide bonds. The van der Waals surface area contributed by atoms with Crippen LogP contribution in [0.25, 0.3) is 0 Å². The van der Waals surface area contributed by atoms with Crippen LogP contribution in [-0.2, 0) is 9.53 Å². The minimum Gasteiger partial charge on any atom is -0.493 e. The molecule has 0 saturated heterocycles. The van der Waals surface area contributed by atoms with Gasteiger partial charge in [0.2, 0.25) is 0 Å². The molecule has 2 N–H and O–H groups in total. The summed E-state index contributed by atoms with van der Waals surface area (Å²) in [4.78, 5) is 24.7. The maximum absolute atomic E-state index is 12.7. The number of allylic oxidation sites excluding steroid dienone is 1. The van der Waals surface area contributed by atoms with Gasteiger partial charge in [0.1, 0.15) is 0 Å². The van der Waals surface area contributed by atoms with Crippen molar-refractivity contribution in [2.24, 2.45) is 5.92 Å². The lowest BCUT2D eigenvalue weighted by molar-refractivity contribution is -0.140. The highest BCUT2D eigenvalue weighted by molar-refractivity contribution is 5.95. The first-order valence-electron chi connectivity index (χ1n) is 9.02. The fraction of sp³-hybridized carbons (Fsp3) is 0.500. The highest BCUT2D eigenvalue weighted by atomic mass is 16.5. The first kappa shape index (κ1) is 20.6. The van der Waals surface area contributed by atoms with Crippen molar-refractivity contribution in [2.75, 3.05) is 13.7 Å². The minimum absolute atomic E-state index is 0.0514. The van der Waals surface area contributed by atoms with Gasteiger partial charge in [-0.25, -0.2) is 9.59 Å². The van der Waals surface area contributed by atoms with Crippen molar-refractivity contribution in [1.82, 2.24) is 10.6 Å².